The molecule has 124 valence electrons. The van der Waals surface area contributed by atoms with Crippen LogP contribution >= 0.6 is 0 Å². The van der Waals surface area contributed by atoms with E-state index in [1.54, 1.807) is 12.1 Å². The summed E-state index contributed by atoms with van der Waals surface area (Å²) in [5.41, 5.74) is 1.18. The molecule has 1 aromatic carbocycles. The number of hydrogen-bond acceptors (Lipinski definition) is 2. The molecule has 2 nitrogen and oxygen atoms in total. The van der Waals surface area contributed by atoms with Gasteiger partial charge in [0.2, 0.25) is 0 Å². The van der Waals surface area contributed by atoms with Gasteiger partial charge in [-0.15, -0.1) is 0 Å². The summed E-state index contributed by atoms with van der Waals surface area (Å²) >= 11 is 0. The Labute approximate surface area is 138 Å². The average Bonchev–Trinajstić information content (AvgIpc) is 2.55. The number of piperazine rings is 1. The van der Waals surface area contributed by atoms with Gasteiger partial charge in [0, 0.05) is 37.9 Å². The van der Waals surface area contributed by atoms with Crippen molar-refractivity contribution < 1.29 is 4.39 Å². The summed E-state index contributed by atoms with van der Waals surface area (Å²) in [5.74, 6) is 3.97. The van der Waals surface area contributed by atoms with E-state index in [2.05, 4.69) is 9.80 Å². The van der Waals surface area contributed by atoms with Crippen LogP contribution in [-0.4, -0.2) is 37.1 Å². The summed E-state index contributed by atoms with van der Waals surface area (Å²) in [5, 5.41) is 0. The molecule has 0 N–H and O–H groups in total. The third-order valence-electron chi connectivity index (χ3n) is 7.10. The molecule has 0 spiro atoms. The van der Waals surface area contributed by atoms with Crippen molar-refractivity contribution in [1.29, 1.82) is 0 Å². The second kappa shape index (κ2) is 5.47. The number of rotatable bonds is 2. The van der Waals surface area contributed by atoms with E-state index in [4.69, 9.17) is 0 Å². The van der Waals surface area contributed by atoms with Crippen LogP contribution in [0.15, 0.2) is 24.3 Å². The van der Waals surface area contributed by atoms with Crippen LogP contribution in [0, 0.1) is 29.5 Å². The van der Waals surface area contributed by atoms with Gasteiger partial charge >= 0.3 is 0 Å². The fourth-order valence-corrected chi connectivity index (χ4v) is 6.42. The summed E-state index contributed by atoms with van der Waals surface area (Å²) in [4.78, 5) is 5.24. The molecule has 5 aliphatic rings. The predicted octanol–water partition coefficient (Wildman–Crippen LogP) is 3.77. The van der Waals surface area contributed by atoms with E-state index >= 15 is 0 Å². The van der Waals surface area contributed by atoms with Crippen LogP contribution in [0.2, 0.25) is 0 Å². The molecule has 23 heavy (non-hydrogen) atoms. The molecule has 1 heterocycles. The SMILES string of the molecule is Fc1ccc(N2CCN(C3C4CC5CC(C4)CC3C5)CC2)cc1. The van der Waals surface area contributed by atoms with Gasteiger partial charge in [-0.25, -0.2) is 4.39 Å². The van der Waals surface area contributed by atoms with E-state index in [9.17, 15) is 4.39 Å². The Hall–Kier alpha value is -1.09. The smallest absolute Gasteiger partial charge is 0.123 e. The number of benzene rings is 1. The minimum Gasteiger partial charge on any atom is -0.369 e. The lowest BCUT2D eigenvalue weighted by Crippen LogP contribution is -2.60. The average molecular weight is 314 g/mol. The van der Waals surface area contributed by atoms with Gasteiger partial charge in [-0.3, -0.25) is 4.90 Å². The highest BCUT2D eigenvalue weighted by Gasteiger charge is 2.50. The zero-order chi connectivity index (χ0) is 15.4. The summed E-state index contributed by atoms with van der Waals surface area (Å²) in [6.45, 7) is 4.55. The van der Waals surface area contributed by atoms with Crippen molar-refractivity contribution in [1.82, 2.24) is 4.90 Å². The molecule has 4 aliphatic carbocycles. The molecular weight excluding hydrogens is 287 g/mol. The molecule has 0 atom stereocenters. The van der Waals surface area contributed by atoms with Crippen molar-refractivity contribution in [2.24, 2.45) is 23.7 Å². The van der Waals surface area contributed by atoms with E-state index in [-0.39, 0.29) is 5.82 Å². The first-order valence-electron chi connectivity index (χ1n) is 9.51. The maximum absolute atomic E-state index is 13.1. The molecule has 6 rings (SSSR count). The summed E-state index contributed by atoms with van der Waals surface area (Å²) in [7, 11) is 0. The molecule has 0 amide bonds. The Morgan fingerprint density at radius 2 is 1.30 bits per heavy atom. The Morgan fingerprint density at radius 1 is 0.739 bits per heavy atom. The zero-order valence-corrected chi connectivity index (χ0v) is 13.8. The predicted molar refractivity (Wildman–Crippen MR) is 91.0 cm³/mol. The van der Waals surface area contributed by atoms with Crippen LogP contribution in [-0.2, 0) is 0 Å². The van der Waals surface area contributed by atoms with Crippen LogP contribution in [0.4, 0.5) is 10.1 Å². The molecule has 0 unspecified atom stereocenters. The number of nitrogens with zero attached hydrogens (tertiary/aromatic N) is 2. The lowest BCUT2D eigenvalue weighted by atomic mass is 9.54. The van der Waals surface area contributed by atoms with Crippen LogP contribution in [0.5, 0.6) is 0 Å². The lowest BCUT2D eigenvalue weighted by Gasteiger charge is -2.58. The molecule has 0 radical (unpaired) electrons. The Balaban J connectivity index is 1.26. The van der Waals surface area contributed by atoms with Gasteiger partial charge in [0.15, 0.2) is 0 Å². The third-order valence-corrected chi connectivity index (χ3v) is 7.10. The topological polar surface area (TPSA) is 6.48 Å². The first-order chi connectivity index (χ1) is 11.3. The molecule has 4 saturated carbocycles. The fourth-order valence-electron chi connectivity index (χ4n) is 6.42. The Morgan fingerprint density at radius 3 is 1.87 bits per heavy atom. The maximum atomic E-state index is 13.1. The molecule has 1 aromatic rings. The van der Waals surface area contributed by atoms with Crippen LogP contribution in [0.1, 0.15) is 32.1 Å². The van der Waals surface area contributed by atoms with Crippen molar-refractivity contribution in [2.75, 3.05) is 31.1 Å². The highest BCUT2D eigenvalue weighted by Crippen LogP contribution is 2.55. The van der Waals surface area contributed by atoms with E-state index in [1.807, 2.05) is 12.1 Å². The molecule has 1 saturated heterocycles. The maximum Gasteiger partial charge on any atom is 0.123 e. The number of hydrogen-bond donors (Lipinski definition) is 0. The number of halogens is 1. The summed E-state index contributed by atoms with van der Waals surface area (Å²) in [6.07, 6.45) is 7.58. The van der Waals surface area contributed by atoms with E-state index in [0.717, 1.165) is 42.8 Å². The van der Waals surface area contributed by atoms with Gasteiger partial charge in [0.25, 0.3) is 0 Å². The molecule has 0 aromatic heterocycles. The van der Waals surface area contributed by atoms with Gasteiger partial charge in [-0.05, 0) is 80.0 Å². The molecule has 4 bridgehead atoms. The van der Waals surface area contributed by atoms with Crippen molar-refractivity contribution in [3.63, 3.8) is 0 Å². The van der Waals surface area contributed by atoms with Gasteiger partial charge in [-0.1, -0.05) is 0 Å². The van der Waals surface area contributed by atoms with Crippen molar-refractivity contribution in [3.05, 3.63) is 30.1 Å². The van der Waals surface area contributed by atoms with Gasteiger partial charge in [0.05, 0.1) is 0 Å². The number of anilines is 1. The Bertz CT molecular complexity index is 534. The molecule has 1 aliphatic heterocycles. The van der Waals surface area contributed by atoms with E-state index in [0.29, 0.717) is 0 Å². The van der Waals surface area contributed by atoms with Gasteiger partial charge < -0.3 is 4.90 Å². The lowest BCUT2D eigenvalue weighted by molar-refractivity contribution is -0.0665. The standard InChI is InChI=1S/C20H27FN2/c21-18-1-3-19(4-2-18)22-5-7-23(8-6-22)20-16-10-14-9-15(12-16)13-17(20)11-14/h1-4,14-17,20H,5-13H2. The Kier molecular flexibility index (Phi) is 3.40. The minimum atomic E-state index is -0.138. The van der Waals surface area contributed by atoms with Crippen molar-refractivity contribution in [2.45, 2.75) is 38.1 Å². The second-order valence-corrected chi connectivity index (χ2v) is 8.42. The first kappa shape index (κ1) is 14.3. The van der Waals surface area contributed by atoms with Crippen molar-refractivity contribution >= 4 is 5.69 Å². The molecule has 5 fully saturated rings. The quantitative estimate of drug-likeness (QED) is 0.820. The van der Waals surface area contributed by atoms with Crippen LogP contribution in [0.3, 0.4) is 0 Å². The van der Waals surface area contributed by atoms with Crippen LogP contribution < -0.4 is 4.90 Å². The largest absolute Gasteiger partial charge is 0.369 e. The third kappa shape index (κ3) is 2.48. The highest BCUT2D eigenvalue weighted by molar-refractivity contribution is 5.46. The summed E-state index contributed by atoms with van der Waals surface area (Å²) < 4.78 is 13.1. The molecular formula is C20H27FN2. The van der Waals surface area contributed by atoms with Crippen LogP contribution in [0.25, 0.3) is 0 Å². The second-order valence-electron chi connectivity index (χ2n) is 8.42. The van der Waals surface area contributed by atoms with E-state index in [1.165, 1.54) is 50.9 Å². The van der Waals surface area contributed by atoms with Crippen molar-refractivity contribution in [3.8, 4) is 0 Å². The monoisotopic (exact) mass is 314 g/mol. The van der Waals surface area contributed by atoms with E-state index < -0.39 is 0 Å². The molecule has 3 heteroatoms. The fraction of sp³-hybridized carbons (Fsp3) is 0.700. The normalized spacial score (nSPS) is 39.9. The zero-order valence-electron chi connectivity index (χ0n) is 13.8. The van der Waals surface area contributed by atoms with Gasteiger partial charge in [-0.2, -0.15) is 0 Å². The summed E-state index contributed by atoms with van der Waals surface area (Å²) in [6, 6.07) is 7.89. The highest BCUT2D eigenvalue weighted by atomic mass is 19.1. The van der Waals surface area contributed by atoms with Gasteiger partial charge in [0.1, 0.15) is 5.82 Å². The first-order valence-corrected chi connectivity index (χ1v) is 9.51. The minimum absolute atomic E-state index is 0.138.